The number of thiophene rings is 1. The van der Waals surface area contributed by atoms with Crippen LogP contribution in [0.25, 0.3) is 22.0 Å². The summed E-state index contributed by atoms with van der Waals surface area (Å²) in [6.07, 6.45) is 1.12. The zero-order chi connectivity index (χ0) is 10.3. The Hall–Kier alpha value is -1.75. The Labute approximate surface area is 88.2 Å². The quantitative estimate of drug-likeness (QED) is 0.632. The van der Waals surface area contributed by atoms with Gasteiger partial charge in [0.2, 0.25) is 11.6 Å². The second-order valence-electron chi connectivity index (χ2n) is 2.97. The molecule has 3 rings (SSSR count). The second kappa shape index (κ2) is 3.13. The first-order chi connectivity index (χ1) is 7.33. The lowest BCUT2D eigenvalue weighted by Crippen LogP contribution is -1.77. The highest BCUT2D eigenvalue weighted by molar-refractivity contribution is 7.13. The highest BCUT2D eigenvalue weighted by Gasteiger charge is 2.10. The largest absolute Gasteiger partial charge is 0.417 e. The maximum atomic E-state index is 12.8. The van der Waals surface area contributed by atoms with Gasteiger partial charge in [-0.2, -0.15) is 0 Å². The van der Waals surface area contributed by atoms with Gasteiger partial charge in [0.15, 0.2) is 0 Å². The predicted octanol–water partition coefficient (Wildman–Crippen LogP) is 3.09. The Balaban J connectivity index is 2.22. The number of aromatic nitrogens is 2. The molecule has 74 valence electrons. The molecule has 5 heteroatoms. The van der Waals surface area contributed by atoms with Crippen molar-refractivity contribution in [3.05, 3.63) is 35.6 Å². The molecule has 0 saturated heterocycles. The van der Waals surface area contributed by atoms with Crippen molar-refractivity contribution < 1.29 is 8.81 Å². The number of hydrogen-bond acceptors (Lipinski definition) is 4. The van der Waals surface area contributed by atoms with Crippen molar-refractivity contribution in [2.75, 3.05) is 0 Å². The molecule has 0 spiro atoms. The number of fused-ring (bicyclic) bond motifs is 1. The zero-order valence-corrected chi connectivity index (χ0v) is 8.29. The third kappa shape index (κ3) is 1.41. The Bertz CT molecular complexity index is 603. The third-order valence-electron chi connectivity index (χ3n) is 1.95. The second-order valence-corrected chi connectivity index (χ2v) is 3.92. The number of pyridine rings is 1. The molecular formula is C10H5FN2OS. The summed E-state index contributed by atoms with van der Waals surface area (Å²) in [6.45, 7) is 0. The number of oxazole rings is 1. The number of rotatable bonds is 1. The highest BCUT2D eigenvalue weighted by Crippen LogP contribution is 2.26. The van der Waals surface area contributed by atoms with E-state index in [1.807, 2.05) is 17.5 Å². The lowest BCUT2D eigenvalue weighted by Gasteiger charge is -1.84. The van der Waals surface area contributed by atoms with Crippen LogP contribution in [0.1, 0.15) is 0 Å². The van der Waals surface area contributed by atoms with E-state index in [9.17, 15) is 4.39 Å². The lowest BCUT2D eigenvalue weighted by molar-refractivity contribution is 0.598. The zero-order valence-electron chi connectivity index (χ0n) is 7.48. The van der Waals surface area contributed by atoms with Gasteiger partial charge in [-0.25, -0.2) is 14.4 Å². The van der Waals surface area contributed by atoms with Crippen LogP contribution in [0.5, 0.6) is 0 Å². The Morgan fingerprint density at radius 1 is 1.40 bits per heavy atom. The van der Waals surface area contributed by atoms with Crippen molar-refractivity contribution in [2.45, 2.75) is 0 Å². The highest BCUT2D eigenvalue weighted by atomic mass is 32.1. The van der Waals surface area contributed by atoms with Crippen molar-refractivity contribution in [3.63, 3.8) is 0 Å². The van der Waals surface area contributed by atoms with Gasteiger partial charge in [-0.1, -0.05) is 6.07 Å². The monoisotopic (exact) mass is 220 g/mol. The molecule has 0 aliphatic heterocycles. The van der Waals surface area contributed by atoms with E-state index < -0.39 is 5.82 Å². The molecule has 3 aromatic rings. The van der Waals surface area contributed by atoms with E-state index in [0.29, 0.717) is 17.1 Å². The standard InChI is InChI=1S/C10H5FN2OS/c11-6-4-7-9(12-5-6)14-10(13-7)8-2-1-3-15-8/h1-5H. The van der Waals surface area contributed by atoms with Crippen molar-refractivity contribution >= 4 is 22.6 Å². The number of nitrogens with zero attached hydrogens (tertiary/aromatic N) is 2. The summed E-state index contributed by atoms with van der Waals surface area (Å²) in [5.74, 6) is 0.0756. The van der Waals surface area contributed by atoms with Crippen LogP contribution in [0.4, 0.5) is 4.39 Å². The average molecular weight is 220 g/mol. The topological polar surface area (TPSA) is 38.9 Å². The molecule has 0 aliphatic rings. The first kappa shape index (κ1) is 8.55. The normalized spacial score (nSPS) is 11.0. The summed E-state index contributed by atoms with van der Waals surface area (Å²) >= 11 is 1.52. The smallest absolute Gasteiger partial charge is 0.247 e. The van der Waals surface area contributed by atoms with E-state index >= 15 is 0 Å². The molecule has 0 saturated carbocycles. The molecule has 0 amide bonds. The van der Waals surface area contributed by atoms with E-state index in [4.69, 9.17) is 4.42 Å². The minimum Gasteiger partial charge on any atom is -0.417 e. The predicted molar refractivity (Wildman–Crippen MR) is 55.1 cm³/mol. The molecule has 3 heterocycles. The van der Waals surface area contributed by atoms with Gasteiger partial charge in [0, 0.05) is 6.07 Å². The summed E-state index contributed by atoms with van der Waals surface area (Å²) in [4.78, 5) is 8.88. The first-order valence-electron chi connectivity index (χ1n) is 4.29. The van der Waals surface area contributed by atoms with Crippen molar-refractivity contribution in [1.82, 2.24) is 9.97 Å². The van der Waals surface area contributed by atoms with E-state index in [-0.39, 0.29) is 0 Å². The van der Waals surface area contributed by atoms with Crippen LogP contribution < -0.4 is 0 Å². The molecule has 0 aromatic carbocycles. The molecule has 0 radical (unpaired) electrons. The molecule has 0 N–H and O–H groups in total. The third-order valence-corrected chi connectivity index (χ3v) is 2.80. The average Bonchev–Trinajstić information content (AvgIpc) is 2.84. The molecule has 0 fully saturated rings. The fourth-order valence-electron chi connectivity index (χ4n) is 1.30. The summed E-state index contributed by atoms with van der Waals surface area (Å²) < 4.78 is 18.2. The number of halogens is 1. The molecule has 3 aromatic heterocycles. The van der Waals surface area contributed by atoms with Crippen molar-refractivity contribution in [2.24, 2.45) is 0 Å². The van der Waals surface area contributed by atoms with Gasteiger partial charge in [-0.05, 0) is 11.4 Å². The van der Waals surface area contributed by atoms with Gasteiger partial charge in [-0.15, -0.1) is 11.3 Å². The fourth-order valence-corrected chi connectivity index (χ4v) is 1.95. The fraction of sp³-hybridized carbons (Fsp3) is 0. The maximum absolute atomic E-state index is 12.8. The van der Waals surface area contributed by atoms with Crippen molar-refractivity contribution in [1.29, 1.82) is 0 Å². The lowest BCUT2D eigenvalue weighted by atomic mass is 10.4. The first-order valence-corrected chi connectivity index (χ1v) is 5.17. The van der Waals surface area contributed by atoms with Gasteiger partial charge in [-0.3, -0.25) is 0 Å². The van der Waals surface area contributed by atoms with Crippen LogP contribution in [-0.2, 0) is 0 Å². The molecule has 0 aliphatic carbocycles. The van der Waals surface area contributed by atoms with E-state index in [1.54, 1.807) is 0 Å². The van der Waals surface area contributed by atoms with Crippen LogP contribution in [0.2, 0.25) is 0 Å². The van der Waals surface area contributed by atoms with Gasteiger partial charge in [0.25, 0.3) is 0 Å². The molecule has 0 bridgehead atoms. The maximum Gasteiger partial charge on any atom is 0.247 e. The molecule has 3 nitrogen and oxygen atoms in total. The molecular weight excluding hydrogens is 215 g/mol. The Kier molecular flexibility index (Phi) is 1.78. The van der Waals surface area contributed by atoms with E-state index in [2.05, 4.69) is 9.97 Å². The minimum atomic E-state index is -0.409. The van der Waals surface area contributed by atoms with E-state index in [1.165, 1.54) is 17.4 Å². The van der Waals surface area contributed by atoms with Gasteiger partial charge >= 0.3 is 0 Å². The van der Waals surface area contributed by atoms with Crippen LogP contribution in [0.15, 0.2) is 34.2 Å². The van der Waals surface area contributed by atoms with E-state index in [0.717, 1.165) is 11.1 Å². The summed E-state index contributed by atoms with van der Waals surface area (Å²) in [5, 5.41) is 1.93. The molecule has 0 atom stereocenters. The van der Waals surface area contributed by atoms with Crippen LogP contribution in [-0.4, -0.2) is 9.97 Å². The number of hydrogen-bond donors (Lipinski definition) is 0. The Morgan fingerprint density at radius 2 is 2.33 bits per heavy atom. The Morgan fingerprint density at radius 3 is 3.13 bits per heavy atom. The van der Waals surface area contributed by atoms with Gasteiger partial charge in [0.1, 0.15) is 11.3 Å². The summed E-state index contributed by atoms with van der Waals surface area (Å²) in [6, 6.07) is 5.11. The molecule has 0 unspecified atom stereocenters. The summed E-state index contributed by atoms with van der Waals surface area (Å²) in [5.41, 5.74) is 0.804. The van der Waals surface area contributed by atoms with Crippen molar-refractivity contribution in [3.8, 4) is 10.8 Å². The summed E-state index contributed by atoms with van der Waals surface area (Å²) in [7, 11) is 0. The van der Waals surface area contributed by atoms with Gasteiger partial charge < -0.3 is 4.42 Å². The van der Waals surface area contributed by atoms with Gasteiger partial charge in [0.05, 0.1) is 11.1 Å². The van der Waals surface area contributed by atoms with Crippen LogP contribution in [0.3, 0.4) is 0 Å². The molecule has 15 heavy (non-hydrogen) atoms. The van der Waals surface area contributed by atoms with Crippen LogP contribution in [0, 0.1) is 5.82 Å². The van der Waals surface area contributed by atoms with Crippen LogP contribution >= 0.6 is 11.3 Å². The minimum absolute atomic E-state index is 0.361. The SMILES string of the molecule is Fc1cnc2oc(-c3cccs3)nc2c1.